The SMILES string of the molecule is CCC1CN(CCn2cccn2)C(C)(C)CN1. The lowest BCUT2D eigenvalue weighted by Gasteiger charge is -2.46. The van der Waals surface area contributed by atoms with Gasteiger partial charge < -0.3 is 5.32 Å². The van der Waals surface area contributed by atoms with Crippen molar-refractivity contribution in [3.05, 3.63) is 18.5 Å². The molecule has 0 aromatic carbocycles. The largest absolute Gasteiger partial charge is 0.311 e. The number of hydrogen-bond acceptors (Lipinski definition) is 3. The van der Waals surface area contributed by atoms with Crippen molar-refractivity contribution in [2.75, 3.05) is 19.6 Å². The molecule has 0 amide bonds. The summed E-state index contributed by atoms with van der Waals surface area (Å²) in [5.74, 6) is 0. The zero-order valence-electron chi connectivity index (χ0n) is 11.2. The van der Waals surface area contributed by atoms with E-state index in [9.17, 15) is 0 Å². The van der Waals surface area contributed by atoms with Crippen LogP contribution in [0.25, 0.3) is 0 Å². The van der Waals surface area contributed by atoms with Crippen LogP contribution in [0.5, 0.6) is 0 Å². The minimum Gasteiger partial charge on any atom is -0.311 e. The van der Waals surface area contributed by atoms with Crippen LogP contribution in [-0.4, -0.2) is 45.9 Å². The lowest BCUT2D eigenvalue weighted by Crippen LogP contribution is -2.62. The number of aromatic nitrogens is 2. The summed E-state index contributed by atoms with van der Waals surface area (Å²) in [6.07, 6.45) is 5.08. The Morgan fingerprint density at radius 3 is 2.88 bits per heavy atom. The highest BCUT2D eigenvalue weighted by Crippen LogP contribution is 2.19. The lowest BCUT2D eigenvalue weighted by atomic mass is 9.96. The van der Waals surface area contributed by atoms with Crippen LogP contribution in [0, 0.1) is 0 Å². The van der Waals surface area contributed by atoms with Gasteiger partial charge in [-0.05, 0) is 26.3 Å². The van der Waals surface area contributed by atoms with Crippen LogP contribution in [0.2, 0.25) is 0 Å². The van der Waals surface area contributed by atoms with Gasteiger partial charge >= 0.3 is 0 Å². The molecule has 1 saturated heterocycles. The topological polar surface area (TPSA) is 33.1 Å². The third kappa shape index (κ3) is 3.07. The fourth-order valence-corrected chi connectivity index (χ4v) is 2.41. The van der Waals surface area contributed by atoms with Crippen LogP contribution in [0.1, 0.15) is 27.2 Å². The quantitative estimate of drug-likeness (QED) is 0.856. The maximum Gasteiger partial charge on any atom is 0.0536 e. The van der Waals surface area contributed by atoms with Crippen molar-refractivity contribution in [3.8, 4) is 0 Å². The summed E-state index contributed by atoms with van der Waals surface area (Å²) >= 11 is 0. The van der Waals surface area contributed by atoms with E-state index in [0.717, 1.165) is 26.2 Å². The second kappa shape index (κ2) is 5.19. The summed E-state index contributed by atoms with van der Waals surface area (Å²) in [5, 5.41) is 7.88. The molecular weight excluding hydrogens is 212 g/mol. The van der Waals surface area contributed by atoms with Crippen molar-refractivity contribution in [2.45, 2.75) is 45.3 Å². The monoisotopic (exact) mass is 236 g/mol. The lowest BCUT2D eigenvalue weighted by molar-refractivity contribution is 0.0608. The molecule has 1 unspecified atom stereocenters. The van der Waals surface area contributed by atoms with Crippen molar-refractivity contribution in [1.82, 2.24) is 20.0 Å². The first-order valence-corrected chi connectivity index (χ1v) is 6.57. The molecule has 0 radical (unpaired) electrons. The fraction of sp³-hybridized carbons (Fsp3) is 0.769. The second-order valence-corrected chi connectivity index (χ2v) is 5.51. The van der Waals surface area contributed by atoms with E-state index in [2.05, 4.69) is 36.1 Å². The van der Waals surface area contributed by atoms with E-state index in [4.69, 9.17) is 0 Å². The second-order valence-electron chi connectivity index (χ2n) is 5.51. The van der Waals surface area contributed by atoms with Gasteiger partial charge in [0.2, 0.25) is 0 Å². The maximum atomic E-state index is 4.26. The van der Waals surface area contributed by atoms with Crippen LogP contribution in [0.4, 0.5) is 0 Å². The molecular formula is C13H24N4. The van der Waals surface area contributed by atoms with Crippen LogP contribution in [0.3, 0.4) is 0 Å². The molecule has 0 bridgehead atoms. The molecule has 0 saturated carbocycles. The van der Waals surface area contributed by atoms with E-state index in [1.54, 1.807) is 0 Å². The van der Waals surface area contributed by atoms with Gasteiger partial charge in [0.15, 0.2) is 0 Å². The molecule has 4 nitrogen and oxygen atoms in total. The van der Waals surface area contributed by atoms with Crippen LogP contribution in [0.15, 0.2) is 18.5 Å². The Balaban J connectivity index is 1.92. The summed E-state index contributed by atoms with van der Waals surface area (Å²) in [5.41, 5.74) is 0.249. The standard InChI is InChI=1S/C13H24N4/c1-4-12-10-16(13(2,3)11-14-12)8-9-17-7-5-6-15-17/h5-7,12,14H,4,8-11H2,1-3H3. The Morgan fingerprint density at radius 1 is 1.41 bits per heavy atom. The van der Waals surface area contributed by atoms with E-state index in [1.165, 1.54) is 6.42 Å². The van der Waals surface area contributed by atoms with Crippen molar-refractivity contribution >= 4 is 0 Å². The summed E-state index contributed by atoms with van der Waals surface area (Å²) in [4.78, 5) is 2.58. The predicted octanol–water partition coefficient (Wildman–Crippen LogP) is 1.35. The molecule has 96 valence electrons. The molecule has 0 aliphatic carbocycles. The van der Waals surface area contributed by atoms with Gasteiger partial charge in [-0.3, -0.25) is 9.58 Å². The Hall–Kier alpha value is -0.870. The van der Waals surface area contributed by atoms with Gasteiger partial charge in [-0.1, -0.05) is 6.92 Å². The van der Waals surface area contributed by atoms with Crippen LogP contribution in [-0.2, 0) is 6.54 Å². The van der Waals surface area contributed by atoms with Gasteiger partial charge in [0.1, 0.15) is 0 Å². The zero-order chi connectivity index (χ0) is 12.3. The first-order valence-electron chi connectivity index (χ1n) is 6.57. The van der Waals surface area contributed by atoms with Crippen LogP contribution < -0.4 is 5.32 Å². The minimum absolute atomic E-state index is 0.249. The van der Waals surface area contributed by atoms with Gasteiger partial charge in [0.25, 0.3) is 0 Å². The average molecular weight is 236 g/mol. The molecule has 1 aliphatic heterocycles. The van der Waals surface area contributed by atoms with Crippen molar-refractivity contribution < 1.29 is 0 Å². The number of nitrogens with one attached hydrogen (secondary N) is 1. The molecule has 17 heavy (non-hydrogen) atoms. The molecule has 2 rings (SSSR count). The Morgan fingerprint density at radius 2 is 2.24 bits per heavy atom. The highest BCUT2D eigenvalue weighted by Gasteiger charge is 2.32. The maximum absolute atomic E-state index is 4.26. The van der Waals surface area contributed by atoms with E-state index in [0.29, 0.717) is 6.04 Å². The first-order chi connectivity index (χ1) is 8.12. The molecule has 1 aliphatic rings. The van der Waals surface area contributed by atoms with Crippen LogP contribution >= 0.6 is 0 Å². The third-order valence-electron chi connectivity index (χ3n) is 3.77. The molecule has 1 fully saturated rings. The fourth-order valence-electron chi connectivity index (χ4n) is 2.41. The van der Waals surface area contributed by atoms with Gasteiger partial charge in [-0.2, -0.15) is 5.10 Å². The Labute approximate surface area is 104 Å². The van der Waals surface area contributed by atoms with Gasteiger partial charge in [0, 0.05) is 43.6 Å². The number of piperazine rings is 1. The molecule has 2 heterocycles. The van der Waals surface area contributed by atoms with Gasteiger partial charge in [-0.15, -0.1) is 0 Å². The Kier molecular flexibility index (Phi) is 3.84. The highest BCUT2D eigenvalue weighted by atomic mass is 15.3. The smallest absolute Gasteiger partial charge is 0.0536 e. The third-order valence-corrected chi connectivity index (χ3v) is 3.77. The van der Waals surface area contributed by atoms with Crippen molar-refractivity contribution in [1.29, 1.82) is 0 Å². The highest BCUT2D eigenvalue weighted by molar-refractivity contribution is 4.92. The molecule has 1 aromatic heterocycles. The Bertz CT molecular complexity index is 331. The summed E-state index contributed by atoms with van der Waals surface area (Å²) in [6, 6.07) is 2.62. The van der Waals surface area contributed by atoms with Crippen molar-refractivity contribution in [2.24, 2.45) is 0 Å². The first kappa shape index (κ1) is 12.6. The van der Waals surface area contributed by atoms with Gasteiger partial charge in [0.05, 0.1) is 6.54 Å². The summed E-state index contributed by atoms with van der Waals surface area (Å²) in [7, 11) is 0. The van der Waals surface area contributed by atoms with E-state index in [-0.39, 0.29) is 5.54 Å². The van der Waals surface area contributed by atoms with Gasteiger partial charge in [-0.25, -0.2) is 0 Å². The van der Waals surface area contributed by atoms with E-state index in [1.807, 2.05) is 23.1 Å². The number of nitrogens with zero attached hydrogens (tertiary/aromatic N) is 3. The summed E-state index contributed by atoms with van der Waals surface area (Å²) < 4.78 is 2.01. The molecule has 0 spiro atoms. The molecule has 1 N–H and O–H groups in total. The predicted molar refractivity (Wildman–Crippen MR) is 70.0 cm³/mol. The number of hydrogen-bond donors (Lipinski definition) is 1. The van der Waals surface area contributed by atoms with E-state index >= 15 is 0 Å². The van der Waals surface area contributed by atoms with E-state index < -0.39 is 0 Å². The molecule has 1 atom stereocenters. The average Bonchev–Trinajstić information content (AvgIpc) is 2.80. The molecule has 4 heteroatoms. The zero-order valence-corrected chi connectivity index (χ0v) is 11.2. The number of rotatable bonds is 4. The minimum atomic E-state index is 0.249. The summed E-state index contributed by atoms with van der Waals surface area (Å²) in [6.45, 7) is 11.2. The normalized spacial score (nSPS) is 25.0. The molecule has 1 aromatic rings. The van der Waals surface area contributed by atoms with Crippen molar-refractivity contribution in [3.63, 3.8) is 0 Å².